The first kappa shape index (κ1) is 44.8. The van der Waals surface area contributed by atoms with E-state index in [1.54, 1.807) is 0 Å². The van der Waals surface area contributed by atoms with Gasteiger partial charge in [0, 0.05) is 0 Å². The van der Waals surface area contributed by atoms with Gasteiger partial charge in [-0.1, -0.05) is 182 Å². The fourth-order valence-corrected chi connectivity index (χ4v) is 7.00. The third kappa shape index (κ3) is 32.1. The summed E-state index contributed by atoms with van der Waals surface area (Å²) in [6.45, 7) is 15.3. The molecule has 0 aliphatic heterocycles. The first-order valence-electron chi connectivity index (χ1n) is 20.1. The highest BCUT2D eigenvalue weighted by molar-refractivity contribution is 4.56. The first-order valence-corrected chi connectivity index (χ1v) is 20.1. The molecule has 0 aliphatic rings. The Morgan fingerprint density at radius 3 is 0.524 bits per heavy atom. The molecule has 0 aromatic heterocycles. The van der Waals surface area contributed by atoms with E-state index in [1.807, 2.05) is 0 Å². The van der Waals surface area contributed by atoms with Crippen molar-refractivity contribution >= 4 is 0 Å². The molecule has 0 spiro atoms. The third-order valence-corrected chi connectivity index (χ3v) is 9.94. The molecule has 0 radical (unpaired) electrons. The normalized spacial score (nSPS) is 11.7. The van der Waals surface area contributed by atoms with Gasteiger partial charge in [0.25, 0.3) is 0 Å². The SMILES string of the molecule is CCCCCCCCCC[N+](CCCCCCCCCC)(CCCCCCCCCC)CCCCCCCCCC.[I-]. The van der Waals surface area contributed by atoms with Crippen LogP contribution in [0.1, 0.15) is 233 Å². The number of nitrogens with zero attached hydrogens (tertiary/aromatic N) is 1. The molecule has 0 saturated carbocycles. The van der Waals surface area contributed by atoms with Crippen LogP contribution in [0, 0.1) is 0 Å². The second kappa shape index (κ2) is 37.9. The van der Waals surface area contributed by atoms with Crippen LogP contribution in [-0.4, -0.2) is 30.7 Å². The molecular weight excluding hydrogens is 621 g/mol. The van der Waals surface area contributed by atoms with Crippen LogP contribution in [0.3, 0.4) is 0 Å². The van der Waals surface area contributed by atoms with E-state index in [0.29, 0.717) is 0 Å². The molecule has 0 atom stereocenters. The van der Waals surface area contributed by atoms with Gasteiger partial charge in [-0.3, -0.25) is 0 Å². The monoisotopic (exact) mass is 706 g/mol. The average molecular weight is 706 g/mol. The van der Waals surface area contributed by atoms with Gasteiger partial charge in [-0.05, 0) is 51.4 Å². The molecule has 0 amide bonds. The molecule has 0 bridgehead atoms. The summed E-state index contributed by atoms with van der Waals surface area (Å²) in [5, 5.41) is 0. The van der Waals surface area contributed by atoms with E-state index in [4.69, 9.17) is 0 Å². The molecule has 0 N–H and O–H groups in total. The van der Waals surface area contributed by atoms with Crippen LogP contribution in [0.15, 0.2) is 0 Å². The second-order valence-electron chi connectivity index (χ2n) is 14.1. The lowest BCUT2D eigenvalue weighted by Gasteiger charge is -2.40. The van der Waals surface area contributed by atoms with Gasteiger partial charge in [-0.25, -0.2) is 0 Å². The summed E-state index contributed by atoms with van der Waals surface area (Å²) in [7, 11) is 0. The zero-order valence-corrected chi connectivity index (χ0v) is 32.4. The highest BCUT2D eigenvalue weighted by atomic mass is 127. The number of hydrogen-bond donors (Lipinski definition) is 0. The van der Waals surface area contributed by atoms with Crippen LogP contribution in [-0.2, 0) is 0 Å². The predicted octanol–water partition coefficient (Wildman–Crippen LogP) is 11.4. The van der Waals surface area contributed by atoms with E-state index >= 15 is 0 Å². The minimum Gasteiger partial charge on any atom is -1.00 e. The van der Waals surface area contributed by atoms with E-state index in [0.717, 1.165) is 0 Å². The molecule has 256 valence electrons. The summed E-state index contributed by atoms with van der Waals surface area (Å²) < 4.78 is 1.48. The van der Waals surface area contributed by atoms with E-state index in [-0.39, 0.29) is 24.0 Å². The quantitative estimate of drug-likeness (QED) is 0.0346. The van der Waals surface area contributed by atoms with E-state index < -0.39 is 0 Å². The van der Waals surface area contributed by atoms with Crippen molar-refractivity contribution in [2.24, 2.45) is 0 Å². The van der Waals surface area contributed by atoms with Crippen molar-refractivity contribution in [1.82, 2.24) is 0 Å². The number of quaternary nitrogens is 1. The summed E-state index contributed by atoms with van der Waals surface area (Å²) in [5.41, 5.74) is 0. The molecule has 0 rings (SSSR count). The average Bonchev–Trinajstić information content (AvgIpc) is 2.98. The summed E-state index contributed by atoms with van der Waals surface area (Å²) in [4.78, 5) is 0. The summed E-state index contributed by atoms with van der Waals surface area (Å²) >= 11 is 0. The van der Waals surface area contributed by atoms with Gasteiger partial charge >= 0.3 is 0 Å². The minimum absolute atomic E-state index is 0. The Bertz CT molecular complexity index is 379. The van der Waals surface area contributed by atoms with Crippen molar-refractivity contribution in [1.29, 1.82) is 0 Å². The minimum atomic E-state index is 0. The van der Waals surface area contributed by atoms with Crippen molar-refractivity contribution in [3.63, 3.8) is 0 Å². The topological polar surface area (TPSA) is 0 Å². The van der Waals surface area contributed by atoms with Crippen LogP contribution in [0.4, 0.5) is 0 Å². The van der Waals surface area contributed by atoms with Crippen LogP contribution in [0.25, 0.3) is 0 Å². The summed E-state index contributed by atoms with van der Waals surface area (Å²) in [5.74, 6) is 0. The maximum Gasteiger partial charge on any atom is 0.0786 e. The standard InChI is InChI=1S/C40H84N.HI/c1-5-9-13-17-21-25-29-33-37-41(38-34-30-26-22-18-14-10-6-2,39-35-31-27-23-19-15-11-7-3)40-36-32-28-24-20-16-12-8-4;/h5-40H2,1-4H3;1H/q+1;/p-1. The lowest BCUT2D eigenvalue weighted by molar-refractivity contribution is -0.929. The van der Waals surface area contributed by atoms with Gasteiger partial charge in [-0.15, -0.1) is 0 Å². The van der Waals surface area contributed by atoms with Gasteiger partial charge < -0.3 is 28.5 Å². The second-order valence-corrected chi connectivity index (χ2v) is 14.1. The van der Waals surface area contributed by atoms with Gasteiger partial charge in [0.15, 0.2) is 0 Å². The Hall–Kier alpha value is 0.690. The third-order valence-electron chi connectivity index (χ3n) is 9.94. The maximum atomic E-state index is 2.34. The summed E-state index contributed by atoms with van der Waals surface area (Å²) in [6, 6.07) is 0. The number of hydrogen-bond acceptors (Lipinski definition) is 0. The molecule has 0 aromatic carbocycles. The van der Waals surface area contributed by atoms with E-state index in [1.165, 1.54) is 236 Å². The van der Waals surface area contributed by atoms with E-state index in [9.17, 15) is 0 Å². The molecule has 0 heterocycles. The Morgan fingerprint density at radius 1 is 0.214 bits per heavy atom. The van der Waals surface area contributed by atoms with Gasteiger partial charge in [-0.2, -0.15) is 0 Å². The van der Waals surface area contributed by atoms with Crippen LogP contribution in [0.2, 0.25) is 0 Å². The van der Waals surface area contributed by atoms with Gasteiger partial charge in [0.05, 0.1) is 26.2 Å². The first-order chi connectivity index (χ1) is 20.2. The highest BCUT2D eigenvalue weighted by Crippen LogP contribution is 2.21. The molecule has 0 aliphatic carbocycles. The van der Waals surface area contributed by atoms with E-state index in [2.05, 4.69) is 27.7 Å². The summed E-state index contributed by atoms with van der Waals surface area (Å²) in [6.07, 6.45) is 46.7. The highest BCUT2D eigenvalue weighted by Gasteiger charge is 2.25. The lowest BCUT2D eigenvalue weighted by atomic mass is 10.0. The fourth-order valence-electron chi connectivity index (χ4n) is 7.00. The van der Waals surface area contributed by atoms with Gasteiger partial charge in [0.2, 0.25) is 0 Å². The molecule has 1 nitrogen and oxygen atoms in total. The number of halogens is 1. The Morgan fingerprint density at radius 2 is 0.357 bits per heavy atom. The lowest BCUT2D eigenvalue weighted by Crippen LogP contribution is -3.00. The Balaban J connectivity index is 0. The smallest absolute Gasteiger partial charge is 0.0786 e. The molecule has 0 aromatic rings. The molecule has 42 heavy (non-hydrogen) atoms. The zero-order chi connectivity index (χ0) is 30.0. The molecule has 0 saturated heterocycles. The van der Waals surface area contributed by atoms with Crippen molar-refractivity contribution in [2.75, 3.05) is 26.2 Å². The van der Waals surface area contributed by atoms with Crippen molar-refractivity contribution in [3.8, 4) is 0 Å². The maximum absolute atomic E-state index is 2.34. The van der Waals surface area contributed by atoms with Gasteiger partial charge in [0.1, 0.15) is 0 Å². The van der Waals surface area contributed by atoms with Crippen molar-refractivity contribution in [2.45, 2.75) is 233 Å². The largest absolute Gasteiger partial charge is 1.00 e. The number of unbranched alkanes of at least 4 members (excludes halogenated alkanes) is 28. The molecule has 0 fully saturated rings. The molecule has 2 heteroatoms. The Kier molecular flexibility index (Phi) is 40.4. The number of rotatable bonds is 36. The van der Waals surface area contributed by atoms with Crippen molar-refractivity contribution < 1.29 is 28.5 Å². The van der Waals surface area contributed by atoms with Crippen molar-refractivity contribution in [3.05, 3.63) is 0 Å². The molecular formula is C40H84IN. The van der Waals surface area contributed by atoms with Crippen LogP contribution >= 0.6 is 0 Å². The predicted molar refractivity (Wildman–Crippen MR) is 190 cm³/mol. The zero-order valence-electron chi connectivity index (χ0n) is 30.3. The Labute approximate surface area is 286 Å². The van der Waals surface area contributed by atoms with Crippen LogP contribution < -0.4 is 24.0 Å². The molecule has 0 unspecified atom stereocenters. The fraction of sp³-hybridized carbons (Fsp3) is 1.00. The van der Waals surface area contributed by atoms with Crippen LogP contribution in [0.5, 0.6) is 0 Å².